The lowest BCUT2D eigenvalue weighted by Crippen LogP contribution is -2.53. The summed E-state index contributed by atoms with van der Waals surface area (Å²) in [5.41, 5.74) is 0. The third-order valence-electron chi connectivity index (χ3n) is 4.83. The van der Waals surface area contributed by atoms with Crippen molar-refractivity contribution in [2.45, 2.75) is 56.1 Å². The lowest BCUT2D eigenvalue weighted by Gasteiger charge is -2.45. The zero-order valence-corrected chi connectivity index (χ0v) is 18.0. The molecule has 0 aromatic heterocycles. The van der Waals surface area contributed by atoms with E-state index in [9.17, 15) is 0 Å². The number of hydrogen-bond acceptors (Lipinski definition) is 3. The largest absolute Gasteiger partial charge is 0.385 e. The van der Waals surface area contributed by atoms with Gasteiger partial charge in [-0.05, 0) is 32.1 Å². The lowest BCUT2D eigenvalue weighted by atomic mass is 9.87. The number of ether oxygens (including phenoxy) is 1. The fraction of sp³-hybridized carbons (Fsp3) is 0.941. The van der Waals surface area contributed by atoms with Crippen LogP contribution in [0.1, 0.15) is 51.4 Å². The molecule has 23 heavy (non-hydrogen) atoms. The van der Waals surface area contributed by atoms with Gasteiger partial charge < -0.3 is 15.0 Å². The summed E-state index contributed by atoms with van der Waals surface area (Å²) >= 11 is 2.22. The predicted molar refractivity (Wildman–Crippen MR) is 112 cm³/mol. The van der Waals surface area contributed by atoms with Crippen molar-refractivity contribution in [2.24, 2.45) is 4.99 Å². The molecule has 0 amide bonds. The predicted octanol–water partition coefficient (Wildman–Crippen LogP) is 3.75. The van der Waals surface area contributed by atoms with Gasteiger partial charge in [0, 0.05) is 50.9 Å². The molecule has 2 aliphatic rings. The number of halogens is 1. The van der Waals surface area contributed by atoms with Crippen molar-refractivity contribution in [1.29, 1.82) is 0 Å². The van der Waals surface area contributed by atoms with Crippen LogP contribution in [0.15, 0.2) is 4.99 Å². The van der Waals surface area contributed by atoms with E-state index >= 15 is 0 Å². The Morgan fingerprint density at radius 2 is 2.00 bits per heavy atom. The van der Waals surface area contributed by atoms with E-state index in [2.05, 4.69) is 27.0 Å². The summed E-state index contributed by atoms with van der Waals surface area (Å²) in [5, 5.41) is 3.56. The van der Waals surface area contributed by atoms with Gasteiger partial charge in [0.15, 0.2) is 5.96 Å². The average Bonchev–Trinajstić information content (AvgIpc) is 2.55. The molecule has 0 atom stereocenters. The summed E-state index contributed by atoms with van der Waals surface area (Å²) < 4.78 is 5.60. The van der Waals surface area contributed by atoms with E-state index in [-0.39, 0.29) is 24.0 Å². The number of nitrogens with one attached hydrogen (secondary N) is 1. The van der Waals surface area contributed by atoms with Gasteiger partial charge in [-0.2, -0.15) is 11.8 Å². The van der Waals surface area contributed by atoms with E-state index in [1.165, 1.54) is 57.2 Å². The molecule has 1 spiro atoms. The second kappa shape index (κ2) is 11.8. The van der Waals surface area contributed by atoms with Crippen LogP contribution in [0.25, 0.3) is 0 Å². The second-order valence-electron chi connectivity index (χ2n) is 6.54. The van der Waals surface area contributed by atoms with Crippen LogP contribution >= 0.6 is 35.7 Å². The van der Waals surface area contributed by atoms with Crippen molar-refractivity contribution in [3.63, 3.8) is 0 Å². The number of methoxy groups -OCH3 is 1. The first-order valence-electron chi connectivity index (χ1n) is 8.88. The number of guanidine groups is 1. The van der Waals surface area contributed by atoms with Crippen molar-refractivity contribution in [1.82, 2.24) is 10.2 Å². The maximum absolute atomic E-state index is 5.09. The smallest absolute Gasteiger partial charge is 0.193 e. The van der Waals surface area contributed by atoms with E-state index < -0.39 is 0 Å². The molecule has 1 heterocycles. The zero-order chi connectivity index (χ0) is 15.7. The molecule has 1 N–H and O–H groups in total. The highest BCUT2D eigenvalue weighted by Gasteiger charge is 2.38. The maximum atomic E-state index is 5.09. The van der Waals surface area contributed by atoms with Gasteiger partial charge in [0.05, 0.1) is 0 Å². The number of hydrogen-bond donors (Lipinski definition) is 1. The monoisotopic (exact) mass is 455 g/mol. The molecule has 0 aromatic carbocycles. The van der Waals surface area contributed by atoms with Gasteiger partial charge in [0.25, 0.3) is 0 Å². The second-order valence-corrected chi connectivity index (χ2v) is 8.10. The van der Waals surface area contributed by atoms with E-state index in [0.717, 1.165) is 32.1 Å². The molecule has 6 heteroatoms. The number of nitrogens with zero attached hydrogens (tertiary/aromatic N) is 2. The van der Waals surface area contributed by atoms with Gasteiger partial charge in [-0.3, -0.25) is 4.99 Å². The third-order valence-corrected chi connectivity index (χ3v) is 6.37. The first-order valence-corrected chi connectivity index (χ1v) is 9.87. The maximum Gasteiger partial charge on any atom is 0.193 e. The molecule has 1 saturated carbocycles. The number of thioether (sulfide) groups is 1. The summed E-state index contributed by atoms with van der Waals surface area (Å²) in [6.45, 7) is 4.21. The minimum atomic E-state index is 0. The van der Waals surface area contributed by atoms with E-state index in [1.54, 1.807) is 7.11 Å². The van der Waals surface area contributed by atoms with E-state index in [0.29, 0.717) is 4.75 Å². The summed E-state index contributed by atoms with van der Waals surface area (Å²) in [7, 11) is 3.69. The molecule has 0 bridgehead atoms. The molecule has 2 fully saturated rings. The van der Waals surface area contributed by atoms with Crippen molar-refractivity contribution in [2.75, 3.05) is 46.2 Å². The van der Waals surface area contributed by atoms with Gasteiger partial charge in [0.2, 0.25) is 0 Å². The van der Waals surface area contributed by atoms with Crippen molar-refractivity contribution < 1.29 is 4.74 Å². The van der Waals surface area contributed by atoms with Gasteiger partial charge in [-0.1, -0.05) is 19.3 Å². The molecular weight excluding hydrogens is 421 g/mol. The molecule has 136 valence electrons. The van der Waals surface area contributed by atoms with E-state index in [1.807, 2.05) is 7.05 Å². The highest BCUT2D eigenvalue weighted by Crippen LogP contribution is 2.42. The Hall–Kier alpha value is 0.310. The third kappa shape index (κ3) is 6.98. The topological polar surface area (TPSA) is 36.9 Å². The fourth-order valence-corrected chi connectivity index (χ4v) is 5.17. The van der Waals surface area contributed by atoms with Crippen LogP contribution in [0.4, 0.5) is 0 Å². The van der Waals surface area contributed by atoms with Crippen LogP contribution in [0.5, 0.6) is 0 Å². The highest BCUT2D eigenvalue weighted by atomic mass is 127. The Kier molecular flexibility index (Phi) is 10.9. The molecule has 0 unspecified atom stereocenters. The lowest BCUT2D eigenvalue weighted by molar-refractivity contribution is 0.192. The average molecular weight is 455 g/mol. The van der Waals surface area contributed by atoms with Crippen LogP contribution in [0.3, 0.4) is 0 Å². The zero-order valence-electron chi connectivity index (χ0n) is 14.8. The quantitative estimate of drug-likeness (QED) is 0.287. The molecule has 1 aliphatic heterocycles. The first-order chi connectivity index (χ1) is 10.8. The Bertz CT molecular complexity index is 343. The Morgan fingerprint density at radius 1 is 1.22 bits per heavy atom. The van der Waals surface area contributed by atoms with Crippen LogP contribution in [0, 0.1) is 0 Å². The fourth-order valence-electron chi connectivity index (χ4n) is 3.60. The van der Waals surface area contributed by atoms with Gasteiger partial charge in [0.1, 0.15) is 0 Å². The Labute approximate surface area is 163 Å². The van der Waals surface area contributed by atoms with Crippen LogP contribution in [-0.2, 0) is 4.74 Å². The minimum Gasteiger partial charge on any atom is -0.385 e. The summed E-state index contributed by atoms with van der Waals surface area (Å²) in [6, 6.07) is 0. The number of rotatable bonds is 6. The highest BCUT2D eigenvalue weighted by molar-refractivity contribution is 14.0. The summed E-state index contributed by atoms with van der Waals surface area (Å²) in [5.74, 6) is 2.35. The SMILES string of the molecule is CN=C(NCCCCCOC)N1CCSC2(CCCCC2)C1.I. The van der Waals surface area contributed by atoms with Crippen molar-refractivity contribution in [3.05, 3.63) is 0 Å². The van der Waals surface area contributed by atoms with Crippen molar-refractivity contribution >= 4 is 41.7 Å². The molecule has 0 radical (unpaired) electrons. The van der Waals surface area contributed by atoms with E-state index in [4.69, 9.17) is 4.74 Å². The standard InChI is InChI=1S/C17H33N3OS.HI/c1-18-16(19-11-7-4-8-13-21-2)20-12-14-22-17(15-20)9-5-3-6-10-17;/h3-15H2,1-2H3,(H,18,19);1H. The first kappa shape index (κ1) is 21.4. The minimum absolute atomic E-state index is 0. The van der Waals surface area contributed by atoms with Crippen LogP contribution < -0.4 is 5.32 Å². The normalized spacial score (nSPS) is 21.1. The molecular formula is C17H34IN3OS. The summed E-state index contributed by atoms with van der Waals surface area (Å²) in [4.78, 5) is 7.02. The molecule has 1 aliphatic carbocycles. The van der Waals surface area contributed by atoms with Crippen molar-refractivity contribution in [3.8, 4) is 0 Å². The van der Waals surface area contributed by atoms with Crippen LogP contribution in [0.2, 0.25) is 0 Å². The molecule has 4 nitrogen and oxygen atoms in total. The van der Waals surface area contributed by atoms with Gasteiger partial charge in [-0.15, -0.1) is 24.0 Å². The van der Waals surface area contributed by atoms with Gasteiger partial charge in [-0.25, -0.2) is 0 Å². The molecule has 1 saturated heterocycles. The molecule has 2 rings (SSSR count). The number of aliphatic imine (C=N–C) groups is 1. The number of unbranched alkanes of at least 4 members (excludes halogenated alkanes) is 2. The van der Waals surface area contributed by atoms with Crippen LogP contribution in [-0.4, -0.2) is 61.8 Å². The van der Waals surface area contributed by atoms with Gasteiger partial charge >= 0.3 is 0 Å². The molecule has 0 aromatic rings. The summed E-state index contributed by atoms with van der Waals surface area (Å²) in [6.07, 6.45) is 10.6. The Balaban J connectivity index is 0.00000264. The Morgan fingerprint density at radius 3 is 2.70 bits per heavy atom.